The van der Waals surface area contributed by atoms with Crippen molar-refractivity contribution < 1.29 is 9.18 Å². The highest BCUT2D eigenvalue weighted by atomic mass is 19.1. The standard InChI is InChI=1S/C9H8FN3O/c10-4-1-2-5-6(3-4)13-8(11)7(5)9(12)14/h1-3,13H,11H2,(H2,12,14). The number of fused-ring (bicyclic) bond motifs is 1. The molecule has 1 aromatic heterocycles. The van der Waals surface area contributed by atoms with Crippen molar-refractivity contribution in [1.82, 2.24) is 4.98 Å². The summed E-state index contributed by atoms with van der Waals surface area (Å²) in [6.45, 7) is 0. The van der Waals surface area contributed by atoms with Crippen LogP contribution in [0.2, 0.25) is 0 Å². The van der Waals surface area contributed by atoms with Crippen molar-refractivity contribution in [3.05, 3.63) is 29.6 Å². The van der Waals surface area contributed by atoms with Crippen LogP contribution in [-0.2, 0) is 0 Å². The van der Waals surface area contributed by atoms with Crippen LogP contribution in [0.4, 0.5) is 10.2 Å². The summed E-state index contributed by atoms with van der Waals surface area (Å²) in [6.07, 6.45) is 0. The molecule has 5 heteroatoms. The third kappa shape index (κ3) is 1.10. The number of nitrogen functional groups attached to an aromatic ring is 1. The molecule has 5 N–H and O–H groups in total. The van der Waals surface area contributed by atoms with Crippen molar-refractivity contribution in [3.8, 4) is 0 Å². The van der Waals surface area contributed by atoms with E-state index in [1.54, 1.807) is 0 Å². The molecule has 0 atom stereocenters. The monoisotopic (exact) mass is 193 g/mol. The summed E-state index contributed by atoms with van der Waals surface area (Å²) < 4.78 is 12.8. The van der Waals surface area contributed by atoms with Gasteiger partial charge in [0.15, 0.2) is 0 Å². The summed E-state index contributed by atoms with van der Waals surface area (Å²) in [7, 11) is 0. The van der Waals surface area contributed by atoms with Crippen LogP contribution in [0.5, 0.6) is 0 Å². The number of carbonyl (C=O) groups is 1. The molecule has 0 radical (unpaired) electrons. The summed E-state index contributed by atoms with van der Waals surface area (Å²) in [6, 6.07) is 3.98. The number of aromatic amines is 1. The summed E-state index contributed by atoms with van der Waals surface area (Å²) in [5.41, 5.74) is 11.3. The SMILES string of the molecule is NC(=O)c1c(N)[nH]c2cc(F)ccc12. The molecule has 0 bridgehead atoms. The minimum absolute atomic E-state index is 0.165. The van der Waals surface area contributed by atoms with Gasteiger partial charge in [0.25, 0.3) is 5.91 Å². The van der Waals surface area contributed by atoms with Crippen LogP contribution in [0.15, 0.2) is 18.2 Å². The highest BCUT2D eigenvalue weighted by Crippen LogP contribution is 2.24. The van der Waals surface area contributed by atoms with Crippen LogP contribution >= 0.6 is 0 Å². The second kappa shape index (κ2) is 2.73. The molecule has 0 aliphatic carbocycles. The number of carbonyl (C=O) groups excluding carboxylic acids is 1. The Bertz CT molecular complexity index is 518. The number of anilines is 1. The van der Waals surface area contributed by atoms with Crippen molar-refractivity contribution in [2.24, 2.45) is 5.73 Å². The Morgan fingerprint density at radius 1 is 1.43 bits per heavy atom. The van der Waals surface area contributed by atoms with Gasteiger partial charge in [-0.15, -0.1) is 0 Å². The average molecular weight is 193 g/mol. The van der Waals surface area contributed by atoms with Crippen LogP contribution in [0.3, 0.4) is 0 Å². The van der Waals surface area contributed by atoms with Gasteiger partial charge in [0.05, 0.1) is 11.1 Å². The lowest BCUT2D eigenvalue weighted by Crippen LogP contribution is -2.12. The minimum atomic E-state index is -0.625. The maximum atomic E-state index is 12.8. The minimum Gasteiger partial charge on any atom is -0.385 e. The Kier molecular flexibility index (Phi) is 1.67. The number of nitrogens with one attached hydrogen (secondary N) is 1. The van der Waals surface area contributed by atoms with Gasteiger partial charge < -0.3 is 16.5 Å². The Hall–Kier alpha value is -2.04. The topological polar surface area (TPSA) is 84.9 Å². The Morgan fingerprint density at radius 3 is 2.79 bits per heavy atom. The summed E-state index contributed by atoms with van der Waals surface area (Å²) in [4.78, 5) is 13.7. The molecule has 72 valence electrons. The zero-order valence-corrected chi connectivity index (χ0v) is 7.17. The fraction of sp³-hybridized carbons (Fsp3) is 0. The van der Waals surface area contributed by atoms with E-state index >= 15 is 0 Å². The largest absolute Gasteiger partial charge is 0.385 e. The normalized spacial score (nSPS) is 10.6. The predicted molar refractivity (Wildman–Crippen MR) is 51.2 cm³/mol. The van der Waals surface area contributed by atoms with E-state index < -0.39 is 11.7 Å². The van der Waals surface area contributed by atoms with Crippen molar-refractivity contribution >= 4 is 22.6 Å². The van der Waals surface area contributed by atoms with E-state index in [0.717, 1.165) is 0 Å². The quantitative estimate of drug-likeness (QED) is 0.630. The molecular weight excluding hydrogens is 185 g/mol. The zero-order chi connectivity index (χ0) is 10.3. The van der Waals surface area contributed by atoms with E-state index in [2.05, 4.69) is 4.98 Å². The van der Waals surface area contributed by atoms with E-state index in [9.17, 15) is 9.18 Å². The van der Waals surface area contributed by atoms with E-state index in [1.165, 1.54) is 18.2 Å². The lowest BCUT2D eigenvalue weighted by atomic mass is 10.1. The van der Waals surface area contributed by atoms with Crippen molar-refractivity contribution in [1.29, 1.82) is 0 Å². The first-order valence-electron chi connectivity index (χ1n) is 3.96. The van der Waals surface area contributed by atoms with Crippen molar-refractivity contribution in [2.45, 2.75) is 0 Å². The molecule has 1 aromatic carbocycles. The molecule has 4 nitrogen and oxygen atoms in total. The average Bonchev–Trinajstić information content (AvgIpc) is 2.39. The van der Waals surface area contributed by atoms with E-state index in [4.69, 9.17) is 11.5 Å². The lowest BCUT2D eigenvalue weighted by molar-refractivity contribution is 0.100. The molecule has 0 fully saturated rings. The summed E-state index contributed by atoms with van der Waals surface area (Å²) in [5.74, 6) is -0.853. The molecular formula is C9H8FN3O. The number of H-pyrrole nitrogens is 1. The molecule has 2 rings (SSSR count). The van der Waals surface area contributed by atoms with Gasteiger partial charge in [0, 0.05) is 5.39 Å². The maximum Gasteiger partial charge on any atom is 0.253 e. The van der Waals surface area contributed by atoms with Crippen LogP contribution in [0.25, 0.3) is 10.9 Å². The fourth-order valence-corrected chi connectivity index (χ4v) is 1.46. The highest BCUT2D eigenvalue weighted by Gasteiger charge is 2.13. The molecule has 0 saturated heterocycles. The van der Waals surface area contributed by atoms with Crippen LogP contribution in [0.1, 0.15) is 10.4 Å². The first-order valence-corrected chi connectivity index (χ1v) is 3.96. The van der Waals surface area contributed by atoms with Gasteiger partial charge in [-0.3, -0.25) is 4.79 Å². The van der Waals surface area contributed by atoms with E-state index in [0.29, 0.717) is 10.9 Å². The number of primary amides is 1. The van der Waals surface area contributed by atoms with Gasteiger partial charge in [0.2, 0.25) is 0 Å². The Morgan fingerprint density at radius 2 is 2.14 bits per heavy atom. The molecule has 1 amide bonds. The number of hydrogen-bond donors (Lipinski definition) is 3. The molecule has 0 unspecified atom stereocenters. The van der Waals surface area contributed by atoms with Crippen molar-refractivity contribution in [2.75, 3.05) is 5.73 Å². The van der Waals surface area contributed by atoms with Gasteiger partial charge >= 0.3 is 0 Å². The number of halogens is 1. The Balaban J connectivity index is 2.84. The molecule has 2 aromatic rings. The van der Waals surface area contributed by atoms with E-state index in [1.807, 2.05) is 0 Å². The second-order valence-electron chi connectivity index (χ2n) is 2.97. The van der Waals surface area contributed by atoms with Gasteiger partial charge in [-0.2, -0.15) is 0 Å². The van der Waals surface area contributed by atoms with Crippen molar-refractivity contribution in [3.63, 3.8) is 0 Å². The summed E-state index contributed by atoms with van der Waals surface area (Å²) in [5, 5.41) is 0.538. The predicted octanol–water partition coefficient (Wildman–Crippen LogP) is 0.988. The highest BCUT2D eigenvalue weighted by molar-refractivity contribution is 6.10. The third-order valence-corrected chi connectivity index (χ3v) is 2.04. The van der Waals surface area contributed by atoms with Crippen LogP contribution in [-0.4, -0.2) is 10.9 Å². The van der Waals surface area contributed by atoms with Gasteiger partial charge in [-0.25, -0.2) is 4.39 Å². The molecule has 14 heavy (non-hydrogen) atoms. The molecule has 0 saturated carbocycles. The number of hydrogen-bond acceptors (Lipinski definition) is 2. The number of benzene rings is 1. The van der Waals surface area contributed by atoms with Crippen LogP contribution < -0.4 is 11.5 Å². The fourth-order valence-electron chi connectivity index (χ4n) is 1.46. The number of rotatable bonds is 1. The number of nitrogens with two attached hydrogens (primary N) is 2. The number of aromatic nitrogens is 1. The number of amides is 1. The van der Waals surface area contributed by atoms with Gasteiger partial charge in [-0.1, -0.05) is 0 Å². The maximum absolute atomic E-state index is 12.8. The molecule has 1 heterocycles. The zero-order valence-electron chi connectivity index (χ0n) is 7.17. The van der Waals surface area contributed by atoms with Gasteiger partial charge in [-0.05, 0) is 18.2 Å². The molecule has 0 aliphatic heterocycles. The second-order valence-corrected chi connectivity index (χ2v) is 2.97. The van der Waals surface area contributed by atoms with Gasteiger partial charge in [0.1, 0.15) is 11.6 Å². The molecule has 0 spiro atoms. The first-order chi connectivity index (χ1) is 6.59. The Labute approximate surface area is 78.7 Å². The smallest absolute Gasteiger partial charge is 0.253 e. The third-order valence-electron chi connectivity index (χ3n) is 2.04. The molecule has 0 aliphatic rings. The van der Waals surface area contributed by atoms with E-state index in [-0.39, 0.29) is 11.4 Å². The first kappa shape index (κ1) is 8.55. The summed E-state index contributed by atoms with van der Waals surface area (Å²) >= 11 is 0. The lowest BCUT2D eigenvalue weighted by Gasteiger charge is -1.93. The van der Waals surface area contributed by atoms with Crippen LogP contribution in [0, 0.1) is 5.82 Å².